The second-order valence-corrected chi connectivity index (χ2v) is 6.48. The van der Waals surface area contributed by atoms with Crippen LogP contribution >= 0.6 is 11.8 Å². The number of amides is 1. The molecule has 2 aromatic carbocycles. The van der Waals surface area contributed by atoms with E-state index in [2.05, 4.69) is 16.9 Å². The maximum Gasteiger partial charge on any atom is 0.262 e. The second kappa shape index (κ2) is 7.53. The van der Waals surface area contributed by atoms with E-state index in [0.29, 0.717) is 29.1 Å². The first kappa shape index (κ1) is 17.2. The normalized spacial score (nSPS) is 10.9. The van der Waals surface area contributed by atoms with Crippen LogP contribution in [0.5, 0.6) is 0 Å². The first-order chi connectivity index (χ1) is 12.1. The average Bonchev–Trinajstić information content (AvgIpc) is 2.63. The van der Waals surface area contributed by atoms with Crippen molar-refractivity contribution in [2.24, 2.45) is 0 Å². The second-order valence-electron chi connectivity index (χ2n) is 5.54. The van der Waals surface area contributed by atoms with Gasteiger partial charge >= 0.3 is 0 Å². The lowest BCUT2D eigenvalue weighted by Crippen LogP contribution is -2.26. The Morgan fingerprint density at radius 3 is 2.72 bits per heavy atom. The van der Waals surface area contributed by atoms with Gasteiger partial charge in [-0.3, -0.25) is 14.2 Å². The van der Waals surface area contributed by atoms with Gasteiger partial charge in [-0.25, -0.2) is 4.98 Å². The van der Waals surface area contributed by atoms with Crippen molar-refractivity contribution in [2.45, 2.75) is 18.6 Å². The summed E-state index contributed by atoms with van der Waals surface area (Å²) in [6.45, 7) is 6.40. The molecule has 1 N–H and O–H groups in total. The van der Waals surface area contributed by atoms with E-state index < -0.39 is 0 Å². The Hall–Kier alpha value is -2.60. The van der Waals surface area contributed by atoms with E-state index in [9.17, 15) is 9.59 Å². The van der Waals surface area contributed by atoms with Crippen LogP contribution in [0.2, 0.25) is 0 Å². The van der Waals surface area contributed by atoms with Gasteiger partial charge in [0.05, 0.1) is 16.7 Å². The quantitative estimate of drug-likeness (QED) is 0.320. The van der Waals surface area contributed by atoms with Gasteiger partial charge in [-0.15, -0.1) is 6.58 Å². The topological polar surface area (TPSA) is 64.0 Å². The molecule has 25 heavy (non-hydrogen) atoms. The van der Waals surface area contributed by atoms with E-state index in [1.807, 2.05) is 43.3 Å². The van der Waals surface area contributed by atoms with Gasteiger partial charge in [-0.2, -0.15) is 0 Å². The molecule has 6 heteroatoms. The van der Waals surface area contributed by atoms with Crippen molar-refractivity contribution in [2.75, 3.05) is 12.3 Å². The van der Waals surface area contributed by atoms with Crippen LogP contribution in [0.15, 0.2) is 59.0 Å². The third kappa shape index (κ3) is 3.58. The Bertz CT molecular complexity index is 1010. The fraction of sp³-hybridized carbons (Fsp3) is 0.211. The predicted molar refractivity (Wildman–Crippen MR) is 103 cm³/mol. The standard InChI is InChI=1S/C19H19N3O2S/c1-3-9-20-17(23)12-25-19-21-16-11-14-8-6-5-7-13(14)10-15(16)18(24)22(19)4-2/h3,5-8,10-11H,1,4,9,12H2,2H3,(H,20,23). The van der Waals surface area contributed by atoms with Crippen molar-refractivity contribution in [3.63, 3.8) is 0 Å². The molecule has 0 aliphatic rings. The highest BCUT2D eigenvalue weighted by Crippen LogP contribution is 2.22. The van der Waals surface area contributed by atoms with Gasteiger partial charge in [0.2, 0.25) is 5.91 Å². The maximum absolute atomic E-state index is 12.8. The molecule has 0 saturated carbocycles. The number of rotatable bonds is 6. The van der Waals surface area contributed by atoms with Crippen molar-refractivity contribution in [3.05, 3.63) is 59.4 Å². The van der Waals surface area contributed by atoms with Crippen LogP contribution in [0.3, 0.4) is 0 Å². The molecule has 5 nitrogen and oxygen atoms in total. The number of hydrogen-bond donors (Lipinski definition) is 1. The molecular weight excluding hydrogens is 334 g/mol. The van der Waals surface area contributed by atoms with Gasteiger partial charge < -0.3 is 5.32 Å². The summed E-state index contributed by atoms with van der Waals surface area (Å²) in [4.78, 5) is 29.3. The number of benzene rings is 2. The number of fused-ring (bicyclic) bond motifs is 2. The van der Waals surface area contributed by atoms with Crippen molar-refractivity contribution >= 4 is 39.3 Å². The summed E-state index contributed by atoms with van der Waals surface area (Å²) < 4.78 is 1.61. The van der Waals surface area contributed by atoms with Crippen LogP contribution in [0.25, 0.3) is 21.7 Å². The Labute approximate surface area is 149 Å². The van der Waals surface area contributed by atoms with Crippen LogP contribution in [0.1, 0.15) is 6.92 Å². The fourth-order valence-corrected chi connectivity index (χ4v) is 3.54. The van der Waals surface area contributed by atoms with Crippen LogP contribution in [-0.4, -0.2) is 27.8 Å². The molecule has 0 aliphatic heterocycles. The fourth-order valence-electron chi connectivity index (χ4n) is 2.64. The molecule has 0 fully saturated rings. The maximum atomic E-state index is 12.8. The van der Waals surface area contributed by atoms with Crippen molar-refractivity contribution in [1.82, 2.24) is 14.9 Å². The Kier molecular flexibility index (Phi) is 5.19. The van der Waals surface area contributed by atoms with E-state index in [1.165, 1.54) is 11.8 Å². The first-order valence-corrected chi connectivity index (χ1v) is 9.06. The monoisotopic (exact) mass is 353 g/mol. The minimum absolute atomic E-state index is 0.0766. The minimum atomic E-state index is -0.111. The number of carbonyl (C=O) groups is 1. The predicted octanol–water partition coefficient (Wildman–Crippen LogP) is 2.96. The molecule has 0 radical (unpaired) electrons. The number of hydrogen-bond acceptors (Lipinski definition) is 4. The van der Waals surface area contributed by atoms with Crippen LogP contribution in [-0.2, 0) is 11.3 Å². The molecule has 1 amide bonds. The van der Waals surface area contributed by atoms with Crippen LogP contribution in [0.4, 0.5) is 0 Å². The molecule has 3 aromatic rings. The summed E-state index contributed by atoms with van der Waals surface area (Å²) in [6.07, 6.45) is 1.63. The minimum Gasteiger partial charge on any atom is -0.352 e. The number of nitrogens with one attached hydrogen (secondary N) is 1. The summed E-state index contributed by atoms with van der Waals surface area (Å²) >= 11 is 1.27. The van der Waals surface area contributed by atoms with Gasteiger partial charge in [0, 0.05) is 13.1 Å². The summed E-state index contributed by atoms with van der Waals surface area (Å²) in [5.74, 6) is 0.0970. The average molecular weight is 353 g/mol. The number of thioether (sulfide) groups is 1. The zero-order chi connectivity index (χ0) is 17.8. The molecule has 0 atom stereocenters. The highest BCUT2D eigenvalue weighted by atomic mass is 32.2. The molecule has 0 aliphatic carbocycles. The zero-order valence-corrected chi connectivity index (χ0v) is 14.8. The number of carbonyl (C=O) groups excluding carboxylic acids is 1. The molecule has 1 heterocycles. The summed E-state index contributed by atoms with van der Waals surface area (Å²) in [6, 6.07) is 11.7. The van der Waals surface area contributed by atoms with E-state index in [4.69, 9.17) is 0 Å². The van der Waals surface area contributed by atoms with Gasteiger partial charge in [0.1, 0.15) is 0 Å². The smallest absolute Gasteiger partial charge is 0.262 e. The lowest BCUT2D eigenvalue weighted by atomic mass is 10.1. The van der Waals surface area contributed by atoms with E-state index in [-0.39, 0.29) is 17.2 Å². The molecular formula is C19H19N3O2S. The molecule has 3 rings (SSSR count). The largest absolute Gasteiger partial charge is 0.352 e. The molecule has 1 aromatic heterocycles. The SMILES string of the molecule is C=CCNC(=O)CSc1nc2cc3ccccc3cc2c(=O)n1CC. The van der Waals surface area contributed by atoms with Crippen molar-refractivity contribution in [3.8, 4) is 0 Å². The van der Waals surface area contributed by atoms with E-state index in [1.54, 1.807) is 10.6 Å². The van der Waals surface area contributed by atoms with Crippen molar-refractivity contribution in [1.29, 1.82) is 0 Å². The van der Waals surface area contributed by atoms with Gasteiger partial charge in [-0.05, 0) is 29.8 Å². The third-order valence-electron chi connectivity index (χ3n) is 3.88. The molecule has 0 saturated heterocycles. The van der Waals surface area contributed by atoms with Crippen LogP contribution in [0, 0.1) is 0 Å². The Morgan fingerprint density at radius 2 is 2.04 bits per heavy atom. The Morgan fingerprint density at radius 1 is 1.32 bits per heavy atom. The van der Waals surface area contributed by atoms with Gasteiger partial charge in [0.25, 0.3) is 5.56 Å². The lowest BCUT2D eigenvalue weighted by Gasteiger charge is -2.11. The van der Waals surface area contributed by atoms with E-state index >= 15 is 0 Å². The number of nitrogens with zero attached hydrogens (tertiary/aromatic N) is 2. The first-order valence-electron chi connectivity index (χ1n) is 8.07. The zero-order valence-electron chi connectivity index (χ0n) is 14.0. The summed E-state index contributed by atoms with van der Waals surface area (Å²) in [5, 5.41) is 5.93. The third-order valence-corrected chi connectivity index (χ3v) is 4.86. The van der Waals surface area contributed by atoms with E-state index in [0.717, 1.165) is 10.8 Å². The molecule has 128 valence electrons. The van der Waals surface area contributed by atoms with Crippen molar-refractivity contribution < 1.29 is 4.79 Å². The molecule has 0 bridgehead atoms. The lowest BCUT2D eigenvalue weighted by molar-refractivity contribution is -0.118. The molecule has 0 spiro atoms. The Balaban J connectivity index is 2.03. The number of aromatic nitrogens is 2. The summed E-state index contributed by atoms with van der Waals surface area (Å²) in [5.41, 5.74) is 0.578. The highest BCUT2D eigenvalue weighted by Gasteiger charge is 2.13. The van der Waals surface area contributed by atoms with Gasteiger partial charge in [0.15, 0.2) is 5.16 Å². The highest BCUT2D eigenvalue weighted by molar-refractivity contribution is 7.99. The summed E-state index contributed by atoms with van der Waals surface area (Å²) in [7, 11) is 0. The molecule has 0 unspecified atom stereocenters. The van der Waals surface area contributed by atoms with Gasteiger partial charge in [-0.1, -0.05) is 42.1 Å². The van der Waals surface area contributed by atoms with Crippen LogP contribution < -0.4 is 10.9 Å².